The van der Waals surface area contributed by atoms with E-state index in [4.69, 9.17) is 0 Å². The molecule has 1 rings (SSSR count). The van der Waals surface area contributed by atoms with E-state index in [9.17, 15) is 18.0 Å². The fraction of sp³-hybridized carbons (Fsp3) is 0.667. The van der Waals surface area contributed by atoms with Crippen molar-refractivity contribution in [2.45, 2.75) is 6.18 Å². The molecule has 0 unspecified atom stereocenters. The summed E-state index contributed by atoms with van der Waals surface area (Å²) in [4.78, 5) is 12.4. The first kappa shape index (κ1) is 11.2. The molecular formula is C6H8F3N3OS. The lowest BCUT2D eigenvalue weighted by Crippen LogP contribution is -2.34. The molecule has 1 heterocycles. The van der Waals surface area contributed by atoms with Gasteiger partial charge in [-0.2, -0.15) is 18.3 Å². The number of amides is 2. The van der Waals surface area contributed by atoms with E-state index in [1.165, 1.54) is 19.0 Å². The Bertz CT molecular complexity index is 276. The van der Waals surface area contributed by atoms with Crippen molar-refractivity contribution >= 4 is 22.8 Å². The molecule has 0 bridgehead atoms. The fourth-order valence-corrected chi connectivity index (χ4v) is 1.49. The SMILES string of the molecule is CN(C)C(=O)N1CSC(C(F)(F)F)=N1. The predicted molar refractivity (Wildman–Crippen MR) is 46.9 cm³/mol. The second kappa shape index (κ2) is 3.68. The highest BCUT2D eigenvalue weighted by molar-refractivity contribution is 8.14. The van der Waals surface area contributed by atoms with Crippen LogP contribution in [0, 0.1) is 0 Å². The zero-order valence-corrected chi connectivity index (χ0v) is 8.32. The van der Waals surface area contributed by atoms with Gasteiger partial charge in [0.25, 0.3) is 0 Å². The lowest BCUT2D eigenvalue weighted by atomic mass is 10.7. The van der Waals surface area contributed by atoms with Crippen molar-refractivity contribution in [3.8, 4) is 0 Å². The normalized spacial score (nSPS) is 16.9. The molecule has 1 aliphatic heterocycles. The number of rotatable bonds is 0. The van der Waals surface area contributed by atoms with Crippen LogP contribution in [0.2, 0.25) is 0 Å². The van der Waals surface area contributed by atoms with Crippen LogP contribution in [0.5, 0.6) is 0 Å². The van der Waals surface area contributed by atoms with E-state index in [1.807, 2.05) is 0 Å². The second-order valence-electron chi connectivity index (χ2n) is 2.75. The number of carbonyl (C=O) groups is 1. The van der Waals surface area contributed by atoms with Crippen LogP contribution in [0.1, 0.15) is 0 Å². The van der Waals surface area contributed by atoms with Crippen LogP contribution in [0.25, 0.3) is 0 Å². The Morgan fingerprint density at radius 2 is 2.14 bits per heavy atom. The topological polar surface area (TPSA) is 35.9 Å². The maximum atomic E-state index is 12.1. The molecule has 0 spiro atoms. The predicted octanol–water partition coefficient (Wildman–Crippen LogP) is 1.55. The molecule has 0 fully saturated rings. The minimum atomic E-state index is -4.47. The van der Waals surface area contributed by atoms with Gasteiger partial charge in [-0.25, -0.2) is 9.80 Å². The van der Waals surface area contributed by atoms with Crippen molar-refractivity contribution in [1.29, 1.82) is 0 Å². The van der Waals surface area contributed by atoms with Gasteiger partial charge in [-0.15, -0.1) is 0 Å². The lowest BCUT2D eigenvalue weighted by molar-refractivity contribution is -0.0559. The molecule has 0 aromatic heterocycles. The van der Waals surface area contributed by atoms with Crippen molar-refractivity contribution in [3.63, 3.8) is 0 Å². The molecular weight excluding hydrogens is 219 g/mol. The maximum absolute atomic E-state index is 12.1. The Hall–Kier alpha value is -0.920. The Morgan fingerprint density at radius 3 is 2.50 bits per heavy atom. The first-order chi connectivity index (χ1) is 6.32. The highest BCUT2D eigenvalue weighted by Crippen LogP contribution is 2.30. The van der Waals surface area contributed by atoms with Gasteiger partial charge in [0.2, 0.25) is 0 Å². The molecule has 0 atom stereocenters. The van der Waals surface area contributed by atoms with Crippen LogP contribution in [0.3, 0.4) is 0 Å². The first-order valence-electron chi connectivity index (χ1n) is 3.60. The van der Waals surface area contributed by atoms with Crippen LogP contribution < -0.4 is 0 Å². The van der Waals surface area contributed by atoms with Gasteiger partial charge in [0.05, 0.1) is 5.88 Å². The molecule has 8 heteroatoms. The highest BCUT2D eigenvalue weighted by Gasteiger charge is 2.41. The van der Waals surface area contributed by atoms with Gasteiger partial charge < -0.3 is 4.90 Å². The molecule has 14 heavy (non-hydrogen) atoms. The third-order valence-electron chi connectivity index (χ3n) is 1.38. The summed E-state index contributed by atoms with van der Waals surface area (Å²) in [6, 6.07) is -0.559. The molecule has 0 saturated carbocycles. The van der Waals surface area contributed by atoms with Crippen LogP contribution in [0.4, 0.5) is 18.0 Å². The Labute approximate surface area is 82.7 Å². The van der Waals surface area contributed by atoms with E-state index >= 15 is 0 Å². The number of thioether (sulfide) groups is 1. The summed E-state index contributed by atoms with van der Waals surface area (Å²) < 4.78 is 36.3. The highest BCUT2D eigenvalue weighted by atomic mass is 32.2. The molecule has 0 aliphatic carbocycles. The van der Waals surface area contributed by atoms with Crippen LogP contribution in [0.15, 0.2) is 5.10 Å². The summed E-state index contributed by atoms with van der Waals surface area (Å²) in [5.74, 6) is -0.0914. The van der Waals surface area contributed by atoms with Crippen molar-refractivity contribution in [2.75, 3.05) is 20.0 Å². The molecule has 0 aromatic carbocycles. The molecule has 0 aromatic rings. The molecule has 0 saturated heterocycles. The summed E-state index contributed by atoms with van der Waals surface area (Å²) >= 11 is 0.507. The molecule has 4 nitrogen and oxygen atoms in total. The number of alkyl halides is 3. The van der Waals surface area contributed by atoms with Crippen LogP contribution in [-0.4, -0.2) is 47.1 Å². The molecule has 0 N–H and O–H groups in total. The van der Waals surface area contributed by atoms with Crippen molar-refractivity contribution in [2.24, 2.45) is 5.10 Å². The second-order valence-corrected chi connectivity index (χ2v) is 3.69. The van der Waals surface area contributed by atoms with Crippen LogP contribution >= 0.6 is 11.8 Å². The Morgan fingerprint density at radius 1 is 1.57 bits per heavy atom. The standard InChI is InChI=1S/C6H8F3N3OS/c1-11(2)5(13)12-3-14-4(10-12)6(7,8)9/h3H2,1-2H3. The van der Waals surface area contributed by atoms with E-state index in [0.29, 0.717) is 11.8 Å². The van der Waals surface area contributed by atoms with E-state index in [1.54, 1.807) is 0 Å². The zero-order valence-electron chi connectivity index (χ0n) is 7.50. The van der Waals surface area contributed by atoms with E-state index in [-0.39, 0.29) is 5.88 Å². The van der Waals surface area contributed by atoms with Gasteiger partial charge in [0.15, 0.2) is 5.04 Å². The summed E-state index contributed by atoms with van der Waals surface area (Å²) in [6.07, 6.45) is -4.47. The van der Waals surface area contributed by atoms with E-state index < -0.39 is 17.3 Å². The maximum Gasteiger partial charge on any atom is 0.441 e. The van der Waals surface area contributed by atoms with E-state index in [2.05, 4.69) is 5.10 Å². The summed E-state index contributed by atoms with van der Waals surface area (Å²) in [7, 11) is 2.90. The fourth-order valence-electron chi connectivity index (χ4n) is 0.757. The van der Waals surface area contributed by atoms with Gasteiger partial charge in [-0.05, 0) is 0 Å². The zero-order chi connectivity index (χ0) is 10.9. The summed E-state index contributed by atoms with van der Waals surface area (Å²) in [5, 5.41) is 2.98. The Kier molecular flexibility index (Phi) is 2.93. The number of urea groups is 1. The summed E-state index contributed by atoms with van der Waals surface area (Å²) in [5.41, 5.74) is 0. The largest absolute Gasteiger partial charge is 0.441 e. The number of nitrogens with zero attached hydrogens (tertiary/aromatic N) is 3. The average molecular weight is 227 g/mol. The number of halogens is 3. The molecule has 2 amide bonds. The van der Waals surface area contributed by atoms with Gasteiger partial charge >= 0.3 is 12.2 Å². The quantitative estimate of drug-likeness (QED) is 0.629. The van der Waals surface area contributed by atoms with E-state index in [0.717, 1.165) is 5.01 Å². The monoisotopic (exact) mass is 227 g/mol. The third-order valence-corrected chi connectivity index (χ3v) is 2.34. The number of hydrogen-bond donors (Lipinski definition) is 0. The van der Waals surface area contributed by atoms with Crippen molar-refractivity contribution in [1.82, 2.24) is 9.91 Å². The number of hydrogen-bond acceptors (Lipinski definition) is 3. The average Bonchev–Trinajstić information content (AvgIpc) is 2.49. The number of carbonyl (C=O) groups excluding carboxylic acids is 1. The van der Waals surface area contributed by atoms with Gasteiger partial charge in [0.1, 0.15) is 0 Å². The minimum absolute atomic E-state index is 0.0914. The van der Waals surface area contributed by atoms with Gasteiger partial charge in [-0.1, -0.05) is 11.8 Å². The van der Waals surface area contributed by atoms with Gasteiger partial charge in [0, 0.05) is 14.1 Å². The van der Waals surface area contributed by atoms with Gasteiger partial charge in [-0.3, -0.25) is 0 Å². The number of hydrazone groups is 1. The van der Waals surface area contributed by atoms with Crippen molar-refractivity contribution in [3.05, 3.63) is 0 Å². The molecule has 1 aliphatic rings. The lowest BCUT2D eigenvalue weighted by Gasteiger charge is -2.16. The Balaban J connectivity index is 2.72. The summed E-state index contributed by atoms with van der Waals surface area (Å²) in [6.45, 7) is 0. The first-order valence-corrected chi connectivity index (χ1v) is 4.58. The smallest absolute Gasteiger partial charge is 0.329 e. The van der Waals surface area contributed by atoms with Crippen molar-refractivity contribution < 1.29 is 18.0 Å². The van der Waals surface area contributed by atoms with Crippen LogP contribution in [-0.2, 0) is 0 Å². The minimum Gasteiger partial charge on any atom is -0.329 e. The molecule has 0 radical (unpaired) electrons. The third kappa shape index (κ3) is 2.31. The molecule has 80 valence electrons.